The number of aryl methyl sites for hydroxylation is 1. The average Bonchev–Trinajstić information content (AvgIpc) is 2.07. The van der Waals surface area contributed by atoms with Crippen LogP contribution in [-0.4, -0.2) is 15.5 Å². The van der Waals surface area contributed by atoms with Crippen molar-refractivity contribution in [3.05, 3.63) is 16.1 Å². The van der Waals surface area contributed by atoms with Crippen molar-refractivity contribution in [3.63, 3.8) is 0 Å². The molecule has 1 amide bonds. The molecule has 1 aromatic heterocycles. The molecule has 2 N–H and O–H groups in total. The van der Waals surface area contributed by atoms with Gasteiger partial charge in [0.2, 0.25) is 0 Å². The van der Waals surface area contributed by atoms with Crippen LogP contribution in [0.1, 0.15) is 16.2 Å². The highest BCUT2D eigenvalue weighted by molar-refractivity contribution is 9.10. The number of nitrogens with two attached hydrogens (primary N) is 1. The third-order valence-corrected chi connectivity index (χ3v) is 2.16. The molecule has 0 unspecified atom stereocenters. The molecule has 0 saturated carbocycles. The summed E-state index contributed by atoms with van der Waals surface area (Å²) in [7, 11) is 1.73. The van der Waals surface area contributed by atoms with E-state index in [1.807, 2.05) is 0 Å². The van der Waals surface area contributed by atoms with Gasteiger partial charge in [0.1, 0.15) is 5.69 Å². The molecule has 1 rings (SSSR count). The van der Waals surface area contributed by atoms with E-state index in [9.17, 15) is 4.79 Å². The topological polar surface area (TPSA) is 60.9 Å². The Balaban J connectivity index is 3.34. The Hall–Kier alpha value is -0.840. The molecule has 0 radical (unpaired) electrons. The zero-order valence-corrected chi connectivity index (χ0v) is 7.84. The molecule has 4 nitrogen and oxygen atoms in total. The Labute approximate surface area is 72.5 Å². The first-order valence-corrected chi connectivity index (χ1v) is 3.82. The smallest absolute Gasteiger partial charge is 0.267 e. The number of nitrogens with zero attached hydrogens (tertiary/aromatic N) is 2. The van der Waals surface area contributed by atoms with Gasteiger partial charge >= 0.3 is 0 Å². The first-order chi connectivity index (χ1) is 5.04. The highest BCUT2D eigenvalue weighted by atomic mass is 79.9. The summed E-state index contributed by atoms with van der Waals surface area (Å²) < 4.78 is 2.22. The monoisotopic (exact) mass is 217 g/mol. The molecule has 11 heavy (non-hydrogen) atoms. The fourth-order valence-corrected chi connectivity index (χ4v) is 1.39. The summed E-state index contributed by atoms with van der Waals surface area (Å²) in [4.78, 5) is 14.8. The van der Waals surface area contributed by atoms with Gasteiger partial charge in [-0.1, -0.05) is 0 Å². The predicted molar refractivity (Wildman–Crippen MR) is 44.2 cm³/mol. The normalized spacial score (nSPS) is 10.1. The van der Waals surface area contributed by atoms with Crippen molar-refractivity contribution in [1.29, 1.82) is 0 Å². The van der Waals surface area contributed by atoms with E-state index in [0.29, 0.717) is 16.1 Å². The number of carbonyl (C=O) groups excluding carboxylic acids is 1. The van der Waals surface area contributed by atoms with Gasteiger partial charge in [-0.05, 0) is 22.9 Å². The van der Waals surface area contributed by atoms with Crippen LogP contribution >= 0.6 is 15.9 Å². The van der Waals surface area contributed by atoms with E-state index in [0.717, 1.165) is 0 Å². The van der Waals surface area contributed by atoms with E-state index >= 15 is 0 Å². The van der Waals surface area contributed by atoms with Gasteiger partial charge in [-0.25, -0.2) is 4.98 Å². The summed E-state index contributed by atoms with van der Waals surface area (Å²) >= 11 is 3.18. The fourth-order valence-electron chi connectivity index (χ4n) is 0.945. The van der Waals surface area contributed by atoms with Gasteiger partial charge in [0.25, 0.3) is 5.91 Å². The average molecular weight is 218 g/mol. The minimum atomic E-state index is -0.455. The van der Waals surface area contributed by atoms with Crippen molar-refractivity contribution in [3.8, 4) is 0 Å². The summed E-state index contributed by atoms with van der Waals surface area (Å²) in [5.41, 5.74) is 6.19. The van der Waals surface area contributed by atoms with E-state index in [4.69, 9.17) is 5.73 Å². The van der Waals surface area contributed by atoms with Gasteiger partial charge in [-0.3, -0.25) is 4.79 Å². The molecule has 0 aliphatic carbocycles. The minimum absolute atomic E-state index is 0.442. The third-order valence-electron chi connectivity index (χ3n) is 1.45. The lowest BCUT2D eigenvalue weighted by molar-refractivity contribution is 0.0992. The lowest BCUT2D eigenvalue weighted by atomic mass is 10.3. The molecule has 60 valence electrons. The Morgan fingerprint density at radius 1 is 1.73 bits per heavy atom. The second-order valence-electron chi connectivity index (χ2n) is 2.24. The van der Waals surface area contributed by atoms with Crippen molar-refractivity contribution < 1.29 is 4.79 Å². The van der Waals surface area contributed by atoms with Crippen LogP contribution in [0.3, 0.4) is 0 Å². The van der Waals surface area contributed by atoms with E-state index in [2.05, 4.69) is 20.9 Å². The Kier molecular flexibility index (Phi) is 1.99. The van der Waals surface area contributed by atoms with Crippen LogP contribution in [0.4, 0.5) is 0 Å². The van der Waals surface area contributed by atoms with Gasteiger partial charge in [0.15, 0.2) is 4.73 Å². The molecule has 5 heteroatoms. The van der Waals surface area contributed by atoms with Crippen LogP contribution in [0.25, 0.3) is 0 Å². The lowest BCUT2D eigenvalue weighted by Crippen LogP contribution is -2.16. The zero-order chi connectivity index (χ0) is 8.59. The third kappa shape index (κ3) is 1.28. The Morgan fingerprint density at radius 3 is 2.45 bits per heavy atom. The minimum Gasteiger partial charge on any atom is -0.364 e. The van der Waals surface area contributed by atoms with Crippen molar-refractivity contribution in [2.75, 3.05) is 0 Å². The second-order valence-corrected chi connectivity index (χ2v) is 2.95. The number of halogens is 1. The summed E-state index contributed by atoms with van der Waals surface area (Å²) in [6, 6.07) is 0. The number of hydrogen-bond donors (Lipinski definition) is 1. The summed E-state index contributed by atoms with van der Waals surface area (Å²) in [6.07, 6.45) is 0. The predicted octanol–water partition coefficient (Wildman–Crippen LogP) is 0.590. The number of carbonyl (C=O) groups is 1. The molecule has 0 aliphatic heterocycles. The van der Waals surface area contributed by atoms with Crippen LogP contribution in [0.15, 0.2) is 4.73 Å². The van der Waals surface area contributed by atoms with E-state index < -0.39 is 5.91 Å². The van der Waals surface area contributed by atoms with Crippen LogP contribution in [-0.2, 0) is 7.05 Å². The van der Waals surface area contributed by atoms with Crippen LogP contribution < -0.4 is 5.73 Å². The van der Waals surface area contributed by atoms with E-state index in [1.165, 1.54) is 0 Å². The number of primary amides is 1. The lowest BCUT2D eigenvalue weighted by Gasteiger charge is -1.97. The molecular formula is C6H8BrN3O. The largest absolute Gasteiger partial charge is 0.364 e. The standard InChI is InChI=1S/C6H8BrN3O/c1-3-4(5(8)11)10(2)6(7)9-3/h1-2H3,(H2,8,11). The molecule has 0 aromatic carbocycles. The summed E-state index contributed by atoms with van der Waals surface area (Å²) in [5.74, 6) is -0.455. The van der Waals surface area contributed by atoms with Gasteiger partial charge in [-0.2, -0.15) is 0 Å². The fraction of sp³-hybridized carbons (Fsp3) is 0.333. The quantitative estimate of drug-likeness (QED) is 0.749. The molecule has 0 fully saturated rings. The first kappa shape index (κ1) is 8.26. The SMILES string of the molecule is Cc1nc(Br)n(C)c1C(N)=O. The molecule has 1 heterocycles. The Bertz CT molecular complexity index is 305. The van der Waals surface area contributed by atoms with E-state index in [-0.39, 0.29) is 0 Å². The van der Waals surface area contributed by atoms with Crippen molar-refractivity contribution >= 4 is 21.8 Å². The molecule has 1 aromatic rings. The molecule has 0 atom stereocenters. The highest BCUT2D eigenvalue weighted by Crippen LogP contribution is 2.13. The van der Waals surface area contributed by atoms with Gasteiger partial charge in [-0.15, -0.1) is 0 Å². The summed E-state index contributed by atoms with van der Waals surface area (Å²) in [5, 5.41) is 0. The van der Waals surface area contributed by atoms with Crippen LogP contribution in [0, 0.1) is 6.92 Å². The maximum absolute atomic E-state index is 10.8. The highest BCUT2D eigenvalue weighted by Gasteiger charge is 2.13. The first-order valence-electron chi connectivity index (χ1n) is 3.02. The number of rotatable bonds is 1. The number of imidazole rings is 1. The molecular weight excluding hydrogens is 210 g/mol. The van der Waals surface area contributed by atoms with E-state index in [1.54, 1.807) is 18.5 Å². The van der Waals surface area contributed by atoms with Crippen LogP contribution in [0.5, 0.6) is 0 Å². The maximum atomic E-state index is 10.8. The van der Waals surface area contributed by atoms with Crippen LogP contribution in [0.2, 0.25) is 0 Å². The van der Waals surface area contributed by atoms with Gasteiger partial charge in [0, 0.05) is 7.05 Å². The number of hydrogen-bond acceptors (Lipinski definition) is 2. The second kappa shape index (κ2) is 2.65. The number of aromatic nitrogens is 2. The molecule has 0 bridgehead atoms. The zero-order valence-electron chi connectivity index (χ0n) is 6.26. The van der Waals surface area contributed by atoms with Crippen molar-refractivity contribution in [2.45, 2.75) is 6.92 Å². The summed E-state index contributed by atoms with van der Waals surface area (Å²) in [6.45, 7) is 1.74. The van der Waals surface area contributed by atoms with Crippen molar-refractivity contribution in [1.82, 2.24) is 9.55 Å². The maximum Gasteiger partial charge on any atom is 0.267 e. The Morgan fingerprint density at radius 2 is 2.27 bits per heavy atom. The molecule has 0 saturated heterocycles. The number of amides is 1. The van der Waals surface area contributed by atoms with Crippen molar-refractivity contribution in [2.24, 2.45) is 12.8 Å². The molecule has 0 aliphatic rings. The molecule has 0 spiro atoms. The van der Waals surface area contributed by atoms with Gasteiger partial charge < -0.3 is 10.3 Å². The van der Waals surface area contributed by atoms with Gasteiger partial charge in [0.05, 0.1) is 5.69 Å².